The molecule has 1 aliphatic rings. The van der Waals surface area contributed by atoms with Crippen molar-refractivity contribution in [1.29, 1.82) is 0 Å². The largest absolute Gasteiger partial charge is 0.480 e. The number of carboxylic acid groups (broad SMARTS) is 1. The molecule has 0 saturated carbocycles. The van der Waals surface area contributed by atoms with Crippen molar-refractivity contribution in [3.63, 3.8) is 0 Å². The van der Waals surface area contributed by atoms with Crippen molar-refractivity contribution in [1.82, 2.24) is 4.90 Å². The molecule has 0 unspecified atom stereocenters. The molecule has 11 heavy (non-hydrogen) atoms. The lowest BCUT2D eigenvalue weighted by Gasteiger charge is -2.27. The molecule has 64 valence electrons. The lowest BCUT2D eigenvalue weighted by Crippen LogP contribution is -2.43. The molecule has 0 bridgehead atoms. The number of hydrogen-bond donors (Lipinski definition) is 1. The van der Waals surface area contributed by atoms with Gasteiger partial charge in [-0.1, -0.05) is 0 Å². The topological polar surface area (TPSA) is 49.8 Å². The Hall–Kier alpha value is -0.610. The van der Waals surface area contributed by atoms with Crippen LogP contribution in [-0.4, -0.2) is 41.4 Å². The van der Waals surface area contributed by atoms with Gasteiger partial charge in [-0.3, -0.25) is 9.69 Å². The van der Waals surface area contributed by atoms with Gasteiger partial charge in [0.05, 0.1) is 6.61 Å². The maximum absolute atomic E-state index is 10.6. The predicted octanol–water partition coefficient (Wildman–Crippen LogP) is 0.138. The minimum absolute atomic E-state index is 0.277. The van der Waals surface area contributed by atoms with Crippen LogP contribution in [-0.2, 0) is 9.53 Å². The minimum atomic E-state index is -0.821. The number of rotatable bonds is 1. The van der Waals surface area contributed by atoms with Gasteiger partial charge in [-0.2, -0.15) is 0 Å². The monoisotopic (exact) mass is 159 g/mol. The summed E-state index contributed by atoms with van der Waals surface area (Å²) < 4.78 is 5.27. The van der Waals surface area contributed by atoms with Crippen LogP contribution >= 0.6 is 0 Å². The standard InChI is InChI=1S/C7H13NO3/c1-7(2)8(3)5(4-11-7)6(9)10/h5H,4H2,1-3H3,(H,9,10)/t5-/m0/s1. The van der Waals surface area contributed by atoms with E-state index in [9.17, 15) is 4.79 Å². The molecule has 0 amide bonds. The van der Waals surface area contributed by atoms with Gasteiger partial charge in [-0.25, -0.2) is 0 Å². The lowest BCUT2D eigenvalue weighted by atomic mass is 10.2. The molecular formula is C7H13NO3. The maximum Gasteiger partial charge on any atom is 0.323 e. The molecule has 1 rings (SSSR count). The zero-order chi connectivity index (χ0) is 8.65. The van der Waals surface area contributed by atoms with E-state index in [0.717, 1.165) is 0 Å². The van der Waals surface area contributed by atoms with Crippen LogP contribution in [0.25, 0.3) is 0 Å². The Bertz CT molecular complexity index is 179. The molecule has 1 atom stereocenters. The van der Waals surface area contributed by atoms with E-state index in [-0.39, 0.29) is 6.61 Å². The highest BCUT2D eigenvalue weighted by atomic mass is 16.5. The number of likely N-dealkylation sites (N-methyl/N-ethyl adjacent to an activating group) is 1. The molecule has 4 heteroatoms. The average Bonchev–Trinajstić information content (AvgIpc) is 2.09. The van der Waals surface area contributed by atoms with E-state index in [1.807, 2.05) is 13.8 Å². The molecule has 0 aliphatic carbocycles. The van der Waals surface area contributed by atoms with Gasteiger partial charge in [0.15, 0.2) is 0 Å². The molecule has 4 nitrogen and oxygen atoms in total. The molecule has 0 aromatic rings. The Morgan fingerprint density at radius 2 is 2.27 bits per heavy atom. The van der Waals surface area contributed by atoms with Gasteiger partial charge in [0.1, 0.15) is 11.8 Å². The summed E-state index contributed by atoms with van der Waals surface area (Å²) in [7, 11) is 1.76. The summed E-state index contributed by atoms with van der Waals surface area (Å²) in [5, 5.41) is 8.69. The molecule has 0 aromatic heterocycles. The fourth-order valence-corrected chi connectivity index (χ4v) is 1.11. The number of carbonyl (C=O) groups is 1. The van der Waals surface area contributed by atoms with Crippen LogP contribution in [0, 0.1) is 0 Å². The fraction of sp³-hybridized carbons (Fsp3) is 0.857. The predicted molar refractivity (Wildman–Crippen MR) is 39.2 cm³/mol. The summed E-state index contributed by atoms with van der Waals surface area (Å²) in [5.74, 6) is -0.821. The minimum Gasteiger partial charge on any atom is -0.480 e. The zero-order valence-corrected chi connectivity index (χ0v) is 7.00. The van der Waals surface area contributed by atoms with Crippen molar-refractivity contribution in [3.8, 4) is 0 Å². The first-order chi connectivity index (χ1) is 4.95. The summed E-state index contributed by atoms with van der Waals surface area (Å²) in [4.78, 5) is 12.3. The highest BCUT2D eigenvalue weighted by Crippen LogP contribution is 2.24. The van der Waals surface area contributed by atoms with Crippen LogP contribution in [0.15, 0.2) is 0 Å². The van der Waals surface area contributed by atoms with Crippen molar-refractivity contribution >= 4 is 5.97 Å². The number of nitrogens with zero attached hydrogens (tertiary/aromatic N) is 1. The average molecular weight is 159 g/mol. The molecule has 0 spiro atoms. The molecule has 1 saturated heterocycles. The molecule has 1 fully saturated rings. The van der Waals surface area contributed by atoms with Crippen LogP contribution in [0.3, 0.4) is 0 Å². The number of aliphatic carboxylic acids is 1. The van der Waals surface area contributed by atoms with E-state index in [1.165, 1.54) is 0 Å². The van der Waals surface area contributed by atoms with E-state index in [2.05, 4.69) is 0 Å². The third-order valence-electron chi connectivity index (χ3n) is 2.20. The van der Waals surface area contributed by atoms with E-state index in [1.54, 1.807) is 11.9 Å². The van der Waals surface area contributed by atoms with Gasteiger partial charge in [0.25, 0.3) is 0 Å². The smallest absolute Gasteiger partial charge is 0.323 e. The van der Waals surface area contributed by atoms with E-state index in [0.29, 0.717) is 0 Å². The van der Waals surface area contributed by atoms with E-state index >= 15 is 0 Å². The van der Waals surface area contributed by atoms with Gasteiger partial charge in [-0.15, -0.1) is 0 Å². The first kappa shape index (κ1) is 8.49. The summed E-state index contributed by atoms with van der Waals surface area (Å²) in [5.41, 5.74) is -0.441. The first-order valence-electron chi connectivity index (χ1n) is 3.55. The van der Waals surface area contributed by atoms with Gasteiger partial charge < -0.3 is 9.84 Å². The summed E-state index contributed by atoms with van der Waals surface area (Å²) in [6.45, 7) is 3.99. The molecule has 1 N–H and O–H groups in total. The lowest BCUT2D eigenvalue weighted by molar-refractivity contribution is -0.142. The third kappa shape index (κ3) is 1.36. The van der Waals surface area contributed by atoms with Crippen molar-refractivity contribution in [2.45, 2.75) is 25.6 Å². The van der Waals surface area contributed by atoms with Crippen LogP contribution in [0.4, 0.5) is 0 Å². The SMILES string of the molecule is CN1[C@H](C(=O)O)COC1(C)C. The number of carboxylic acids is 1. The van der Waals surface area contributed by atoms with Crippen LogP contribution < -0.4 is 0 Å². The van der Waals surface area contributed by atoms with Gasteiger partial charge in [-0.05, 0) is 20.9 Å². The molecule has 0 radical (unpaired) electrons. The normalized spacial score (nSPS) is 30.6. The zero-order valence-electron chi connectivity index (χ0n) is 7.00. The van der Waals surface area contributed by atoms with Crippen LogP contribution in [0.1, 0.15) is 13.8 Å². The van der Waals surface area contributed by atoms with Gasteiger partial charge in [0, 0.05) is 0 Å². The van der Waals surface area contributed by atoms with E-state index in [4.69, 9.17) is 9.84 Å². The van der Waals surface area contributed by atoms with Crippen molar-refractivity contribution in [3.05, 3.63) is 0 Å². The number of ether oxygens (including phenoxy) is 1. The Labute approximate surface area is 65.8 Å². The highest BCUT2D eigenvalue weighted by Gasteiger charge is 2.41. The third-order valence-corrected chi connectivity index (χ3v) is 2.20. The Morgan fingerprint density at radius 3 is 2.45 bits per heavy atom. The molecule has 1 aliphatic heterocycles. The van der Waals surface area contributed by atoms with Crippen LogP contribution in [0.5, 0.6) is 0 Å². The summed E-state index contributed by atoms with van der Waals surface area (Å²) in [6, 6.07) is -0.495. The van der Waals surface area contributed by atoms with Crippen molar-refractivity contribution in [2.75, 3.05) is 13.7 Å². The van der Waals surface area contributed by atoms with Crippen LogP contribution in [0.2, 0.25) is 0 Å². The quantitative estimate of drug-likeness (QED) is 0.591. The Balaban J connectivity index is 2.71. The van der Waals surface area contributed by atoms with Gasteiger partial charge in [0.2, 0.25) is 0 Å². The van der Waals surface area contributed by atoms with Crippen molar-refractivity contribution < 1.29 is 14.6 Å². The van der Waals surface area contributed by atoms with E-state index < -0.39 is 17.7 Å². The molecule has 1 heterocycles. The first-order valence-corrected chi connectivity index (χ1v) is 3.55. The summed E-state index contributed by atoms with van der Waals surface area (Å²) in [6.07, 6.45) is 0. The van der Waals surface area contributed by atoms with Crippen molar-refractivity contribution in [2.24, 2.45) is 0 Å². The molecular weight excluding hydrogens is 146 g/mol. The fourth-order valence-electron chi connectivity index (χ4n) is 1.11. The second-order valence-corrected chi connectivity index (χ2v) is 3.22. The van der Waals surface area contributed by atoms with Gasteiger partial charge >= 0.3 is 5.97 Å². The maximum atomic E-state index is 10.6. The molecule has 0 aromatic carbocycles. The second-order valence-electron chi connectivity index (χ2n) is 3.22. The second kappa shape index (κ2) is 2.46. The summed E-state index contributed by atoms with van der Waals surface area (Å²) >= 11 is 0. The number of hydrogen-bond acceptors (Lipinski definition) is 3. The Kier molecular flexibility index (Phi) is 1.90. The Morgan fingerprint density at radius 1 is 1.73 bits per heavy atom. The highest BCUT2D eigenvalue weighted by molar-refractivity contribution is 5.74.